The number of urea groups is 1. The molecule has 28 heavy (non-hydrogen) atoms. The third kappa shape index (κ3) is 4.84. The van der Waals surface area contributed by atoms with Crippen molar-refractivity contribution < 1.29 is 9.59 Å². The lowest BCUT2D eigenvalue weighted by Gasteiger charge is -2.42. The van der Waals surface area contributed by atoms with E-state index in [0.29, 0.717) is 22.8 Å². The lowest BCUT2D eigenvalue weighted by molar-refractivity contribution is 0.0928. The van der Waals surface area contributed by atoms with Gasteiger partial charge in [0.05, 0.1) is 0 Å². The van der Waals surface area contributed by atoms with Crippen LogP contribution < -0.4 is 16.0 Å². The molecule has 1 aliphatic rings. The van der Waals surface area contributed by atoms with Crippen LogP contribution in [-0.2, 0) is 5.41 Å². The van der Waals surface area contributed by atoms with Gasteiger partial charge in [0.25, 0.3) is 5.91 Å². The summed E-state index contributed by atoms with van der Waals surface area (Å²) in [7, 11) is 0. The largest absolute Gasteiger partial charge is 0.351 e. The summed E-state index contributed by atoms with van der Waals surface area (Å²) in [5.74, 6) is -0.145. The minimum atomic E-state index is -0.288. The molecule has 1 aliphatic carbocycles. The summed E-state index contributed by atoms with van der Waals surface area (Å²) in [5, 5.41) is 9.30. The van der Waals surface area contributed by atoms with Crippen molar-refractivity contribution in [3.63, 3.8) is 0 Å². The summed E-state index contributed by atoms with van der Waals surface area (Å²) in [5.41, 5.74) is 2.30. The third-order valence-corrected chi connectivity index (χ3v) is 5.41. The normalized spacial score (nSPS) is 14.9. The fourth-order valence-electron chi connectivity index (χ4n) is 3.49. The Balaban J connectivity index is 1.64. The number of hydrogen-bond donors (Lipinski definition) is 3. The molecule has 0 spiro atoms. The van der Waals surface area contributed by atoms with Gasteiger partial charge in [0, 0.05) is 34.3 Å². The molecule has 0 heterocycles. The number of amides is 3. The van der Waals surface area contributed by atoms with E-state index in [1.165, 1.54) is 5.56 Å². The second-order valence-electron chi connectivity index (χ2n) is 7.66. The van der Waals surface area contributed by atoms with Gasteiger partial charge in [-0.2, -0.15) is 0 Å². The van der Waals surface area contributed by atoms with Crippen molar-refractivity contribution in [2.45, 2.75) is 44.6 Å². The lowest BCUT2D eigenvalue weighted by Crippen LogP contribution is -2.45. The Morgan fingerprint density at radius 1 is 1.11 bits per heavy atom. The van der Waals surface area contributed by atoms with E-state index in [1.54, 1.807) is 24.3 Å². The smallest absolute Gasteiger partial charge is 0.319 e. The van der Waals surface area contributed by atoms with Gasteiger partial charge >= 0.3 is 6.03 Å². The third-order valence-electron chi connectivity index (χ3n) is 5.16. The molecule has 0 unspecified atom stereocenters. The second-order valence-corrected chi connectivity index (χ2v) is 8.09. The summed E-state index contributed by atoms with van der Waals surface area (Å²) < 4.78 is 0. The van der Waals surface area contributed by atoms with E-state index in [9.17, 15) is 9.59 Å². The van der Waals surface area contributed by atoms with Gasteiger partial charge in [0.2, 0.25) is 0 Å². The molecular weight excluding hydrogens is 374 g/mol. The molecule has 0 aliphatic heterocycles. The standard InChI is InChI=1S/C22H26ClN3O2/c1-15(2)25-21(28)26-19-6-3-5-16(13-19)20(27)24-14-22(11-4-12-22)17-7-9-18(23)10-8-17/h3,5-10,13,15H,4,11-12,14H2,1-2H3,(H,24,27)(H2,25,26,28). The summed E-state index contributed by atoms with van der Waals surface area (Å²) in [4.78, 5) is 24.5. The Morgan fingerprint density at radius 3 is 2.43 bits per heavy atom. The molecule has 0 bridgehead atoms. The van der Waals surface area contributed by atoms with Gasteiger partial charge in [-0.15, -0.1) is 0 Å². The molecule has 0 radical (unpaired) electrons. The predicted octanol–water partition coefficient (Wildman–Crippen LogP) is 4.72. The number of anilines is 1. The van der Waals surface area contributed by atoms with E-state index in [0.717, 1.165) is 19.3 Å². The molecule has 2 aromatic rings. The van der Waals surface area contributed by atoms with Crippen LogP contribution >= 0.6 is 11.6 Å². The predicted molar refractivity (Wildman–Crippen MR) is 113 cm³/mol. The fourth-order valence-corrected chi connectivity index (χ4v) is 3.62. The first-order valence-electron chi connectivity index (χ1n) is 9.60. The Labute approximate surface area is 170 Å². The van der Waals surface area contributed by atoms with Crippen LogP contribution in [0.1, 0.15) is 49.0 Å². The molecule has 148 valence electrons. The van der Waals surface area contributed by atoms with E-state index < -0.39 is 0 Å². The Bertz CT molecular complexity index is 845. The van der Waals surface area contributed by atoms with Crippen LogP contribution in [0.3, 0.4) is 0 Å². The maximum Gasteiger partial charge on any atom is 0.319 e. The van der Waals surface area contributed by atoms with Crippen LogP contribution in [0, 0.1) is 0 Å². The maximum atomic E-state index is 12.7. The number of carbonyl (C=O) groups excluding carboxylic acids is 2. The number of hydrogen-bond acceptors (Lipinski definition) is 2. The minimum Gasteiger partial charge on any atom is -0.351 e. The molecular formula is C22H26ClN3O2. The monoisotopic (exact) mass is 399 g/mol. The highest BCUT2D eigenvalue weighted by atomic mass is 35.5. The van der Waals surface area contributed by atoms with Gasteiger partial charge in [-0.1, -0.05) is 36.2 Å². The average molecular weight is 400 g/mol. The number of halogens is 1. The van der Waals surface area contributed by atoms with Crippen molar-refractivity contribution in [2.75, 3.05) is 11.9 Å². The van der Waals surface area contributed by atoms with Crippen molar-refractivity contribution in [1.82, 2.24) is 10.6 Å². The number of nitrogens with one attached hydrogen (secondary N) is 3. The second kappa shape index (κ2) is 8.65. The summed E-state index contributed by atoms with van der Waals surface area (Å²) in [6.45, 7) is 4.36. The van der Waals surface area contributed by atoms with E-state index in [1.807, 2.05) is 38.1 Å². The highest BCUT2D eigenvalue weighted by Gasteiger charge is 2.38. The molecule has 3 N–H and O–H groups in total. The highest BCUT2D eigenvalue weighted by Crippen LogP contribution is 2.43. The lowest BCUT2D eigenvalue weighted by atomic mass is 9.64. The fraction of sp³-hybridized carbons (Fsp3) is 0.364. The highest BCUT2D eigenvalue weighted by molar-refractivity contribution is 6.30. The Hall–Kier alpha value is -2.53. The zero-order valence-corrected chi connectivity index (χ0v) is 17.0. The summed E-state index contributed by atoms with van der Waals surface area (Å²) >= 11 is 6.00. The van der Waals surface area contributed by atoms with Crippen LogP contribution in [-0.4, -0.2) is 24.5 Å². The van der Waals surface area contributed by atoms with E-state index in [4.69, 9.17) is 11.6 Å². The van der Waals surface area contributed by atoms with Crippen molar-refractivity contribution in [1.29, 1.82) is 0 Å². The molecule has 1 fully saturated rings. The zero-order valence-electron chi connectivity index (χ0n) is 16.2. The first kappa shape index (κ1) is 20.2. The molecule has 3 amide bonds. The van der Waals surface area contributed by atoms with Gasteiger partial charge in [-0.05, 0) is 62.6 Å². The van der Waals surface area contributed by atoms with Crippen LogP contribution in [0.2, 0.25) is 5.02 Å². The molecule has 5 nitrogen and oxygen atoms in total. The summed E-state index contributed by atoms with van der Waals surface area (Å²) in [6.07, 6.45) is 3.25. The Morgan fingerprint density at radius 2 is 1.82 bits per heavy atom. The van der Waals surface area contributed by atoms with Crippen molar-refractivity contribution in [2.24, 2.45) is 0 Å². The molecule has 6 heteroatoms. The van der Waals surface area contributed by atoms with Crippen molar-refractivity contribution in [3.8, 4) is 0 Å². The first-order valence-corrected chi connectivity index (χ1v) is 9.98. The van der Waals surface area contributed by atoms with Gasteiger partial charge in [0.1, 0.15) is 0 Å². The molecule has 0 saturated heterocycles. The number of rotatable bonds is 6. The van der Waals surface area contributed by atoms with E-state index >= 15 is 0 Å². The van der Waals surface area contributed by atoms with Gasteiger partial charge < -0.3 is 16.0 Å². The molecule has 0 atom stereocenters. The minimum absolute atomic E-state index is 0.0206. The number of benzene rings is 2. The van der Waals surface area contributed by atoms with Crippen LogP contribution in [0.5, 0.6) is 0 Å². The number of carbonyl (C=O) groups is 2. The maximum absolute atomic E-state index is 12.7. The van der Waals surface area contributed by atoms with E-state index in [2.05, 4.69) is 16.0 Å². The zero-order chi connectivity index (χ0) is 20.1. The van der Waals surface area contributed by atoms with Crippen LogP contribution in [0.25, 0.3) is 0 Å². The summed E-state index contributed by atoms with van der Waals surface area (Å²) in [6, 6.07) is 14.6. The Kier molecular flexibility index (Phi) is 6.25. The topological polar surface area (TPSA) is 70.2 Å². The SMILES string of the molecule is CC(C)NC(=O)Nc1cccc(C(=O)NCC2(c3ccc(Cl)cc3)CCC2)c1. The van der Waals surface area contributed by atoms with Gasteiger partial charge in [-0.25, -0.2) is 4.79 Å². The van der Waals surface area contributed by atoms with Crippen molar-refractivity contribution >= 4 is 29.2 Å². The first-order chi connectivity index (χ1) is 13.4. The molecule has 0 aromatic heterocycles. The molecule has 3 rings (SSSR count). The van der Waals surface area contributed by atoms with Crippen LogP contribution in [0.4, 0.5) is 10.5 Å². The quantitative estimate of drug-likeness (QED) is 0.657. The van der Waals surface area contributed by atoms with Crippen LogP contribution in [0.15, 0.2) is 48.5 Å². The molecule has 1 saturated carbocycles. The van der Waals surface area contributed by atoms with Gasteiger partial charge in [0.15, 0.2) is 0 Å². The van der Waals surface area contributed by atoms with Gasteiger partial charge in [-0.3, -0.25) is 4.79 Å². The molecule has 2 aromatic carbocycles. The van der Waals surface area contributed by atoms with E-state index in [-0.39, 0.29) is 23.4 Å². The van der Waals surface area contributed by atoms with Crippen molar-refractivity contribution in [3.05, 3.63) is 64.7 Å². The average Bonchev–Trinajstić information content (AvgIpc) is 2.61.